The van der Waals surface area contributed by atoms with Crippen LogP contribution in [0.5, 0.6) is 0 Å². The van der Waals surface area contributed by atoms with E-state index in [1.807, 2.05) is 18.2 Å². The second-order valence-electron chi connectivity index (χ2n) is 5.78. The Morgan fingerprint density at radius 2 is 1.80 bits per heavy atom. The summed E-state index contributed by atoms with van der Waals surface area (Å²) < 4.78 is 0. The maximum absolute atomic E-state index is 5.55. The molecular weight excluding hydrogens is 266 g/mol. The molecule has 0 aliphatic carbocycles. The maximum Gasteiger partial charge on any atom is 0.173 e. The molecular formula is C16H23N3S. The second-order valence-corrected chi connectivity index (χ2v) is 6.17. The summed E-state index contributed by atoms with van der Waals surface area (Å²) in [6, 6.07) is 10.9. The van der Waals surface area contributed by atoms with Gasteiger partial charge in [-0.2, -0.15) is 0 Å². The number of hydrogen-bond donors (Lipinski definition) is 1. The van der Waals surface area contributed by atoms with E-state index >= 15 is 0 Å². The Bertz CT molecular complexity index is 442. The second kappa shape index (κ2) is 6.55. The molecule has 2 saturated heterocycles. The predicted octanol–water partition coefficient (Wildman–Crippen LogP) is 2.94. The van der Waals surface area contributed by atoms with Gasteiger partial charge in [0.25, 0.3) is 0 Å². The largest absolute Gasteiger partial charge is 0.347 e. The molecule has 0 aromatic heterocycles. The average Bonchev–Trinajstić information content (AvgIpc) is 2.99. The molecule has 1 aromatic carbocycles. The molecule has 3 rings (SSSR count). The van der Waals surface area contributed by atoms with Crippen molar-refractivity contribution in [2.24, 2.45) is 0 Å². The zero-order valence-electron chi connectivity index (χ0n) is 11.9. The summed E-state index contributed by atoms with van der Waals surface area (Å²) in [5.74, 6) is 0. The van der Waals surface area contributed by atoms with Gasteiger partial charge in [-0.25, -0.2) is 0 Å². The zero-order valence-corrected chi connectivity index (χ0v) is 12.7. The molecule has 0 saturated carbocycles. The van der Waals surface area contributed by atoms with Crippen molar-refractivity contribution in [1.82, 2.24) is 9.80 Å². The molecule has 3 nitrogen and oxygen atoms in total. The van der Waals surface area contributed by atoms with Crippen LogP contribution in [-0.4, -0.2) is 47.1 Å². The van der Waals surface area contributed by atoms with E-state index in [4.69, 9.17) is 12.2 Å². The highest BCUT2D eigenvalue weighted by molar-refractivity contribution is 7.80. The van der Waals surface area contributed by atoms with Gasteiger partial charge in [-0.3, -0.25) is 4.90 Å². The number of rotatable bonds is 2. The number of para-hydroxylation sites is 1. The van der Waals surface area contributed by atoms with Gasteiger partial charge in [-0.05, 0) is 56.7 Å². The van der Waals surface area contributed by atoms with Gasteiger partial charge in [0.2, 0.25) is 0 Å². The lowest BCUT2D eigenvalue weighted by Crippen LogP contribution is -2.42. The quantitative estimate of drug-likeness (QED) is 0.843. The molecule has 0 spiro atoms. The van der Waals surface area contributed by atoms with Gasteiger partial charge in [0.15, 0.2) is 5.11 Å². The molecule has 1 N–H and O–H groups in total. The first-order valence-electron chi connectivity index (χ1n) is 7.68. The third-order valence-corrected chi connectivity index (χ3v) is 4.74. The Labute approximate surface area is 126 Å². The Hall–Kier alpha value is -1.13. The van der Waals surface area contributed by atoms with Crippen LogP contribution in [0.25, 0.3) is 0 Å². The summed E-state index contributed by atoms with van der Waals surface area (Å²) in [7, 11) is 0. The highest BCUT2D eigenvalue weighted by atomic mass is 32.1. The van der Waals surface area contributed by atoms with Crippen LogP contribution in [0.3, 0.4) is 0 Å². The van der Waals surface area contributed by atoms with Gasteiger partial charge in [0, 0.05) is 24.8 Å². The van der Waals surface area contributed by atoms with Crippen LogP contribution in [0.1, 0.15) is 25.7 Å². The zero-order chi connectivity index (χ0) is 13.8. The summed E-state index contributed by atoms with van der Waals surface area (Å²) in [6.45, 7) is 4.72. The average molecular weight is 289 g/mol. The third-order valence-electron chi connectivity index (χ3n) is 4.38. The van der Waals surface area contributed by atoms with E-state index in [1.54, 1.807) is 0 Å². The standard InChI is InChI=1S/C16H23N3S/c20-16(17-14-7-3-1-4-8-14)19-12-9-15(13-19)18-10-5-2-6-11-18/h1,3-4,7-8,15H,2,5-6,9-13H2,(H,17,20). The molecule has 2 fully saturated rings. The van der Waals surface area contributed by atoms with Crippen molar-refractivity contribution in [2.75, 3.05) is 31.5 Å². The number of likely N-dealkylation sites (tertiary alicyclic amines) is 2. The Morgan fingerprint density at radius 3 is 2.55 bits per heavy atom. The Balaban J connectivity index is 1.52. The van der Waals surface area contributed by atoms with Crippen LogP contribution < -0.4 is 5.32 Å². The van der Waals surface area contributed by atoms with Gasteiger partial charge in [-0.1, -0.05) is 24.6 Å². The molecule has 1 aromatic rings. The van der Waals surface area contributed by atoms with Crippen molar-refractivity contribution in [1.29, 1.82) is 0 Å². The number of nitrogens with one attached hydrogen (secondary N) is 1. The van der Waals surface area contributed by atoms with Gasteiger partial charge in [-0.15, -0.1) is 0 Å². The number of thiocarbonyl (C=S) groups is 1. The molecule has 0 radical (unpaired) electrons. The van der Waals surface area contributed by atoms with Gasteiger partial charge >= 0.3 is 0 Å². The fraction of sp³-hybridized carbons (Fsp3) is 0.562. The molecule has 2 aliphatic rings. The van der Waals surface area contributed by atoms with Gasteiger partial charge < -0.3 is 10.2 Å². The molecule has 2 aliphatic heterocycles. The van der Waals surface area contributed by atoms with Crippen molar-refractivity contribution in [3.05, 3.63) is 30.3 Å². The highest BCUT2D eigenvalue weighted by Crippen LogP contribution is 2.21. The van der Waals surface area contributed by atoms with Crippen molar-refractivity contribution >= 4 is 23.0 Å². The summed E-state index contributed by atoms with van der Waals surface area (Å²) in [6.07, 6.45) is 5.38. The van der Waals surface area contributed by atoms with Crippen molar-refractivity contribution < 1.29 is 0 Å². The topological polar surface area (TPSA) is 18.5 Å². The predicted molar refractivity (Wildman–Crippen MR) is 88.1 cm³/mol. The summed E-state index contributed by atoms with van der Waals surface area (Å²) in [5.41, 5.74) is 1.08. The molecule has 1 atom stereocenters. The lowest BCUT2D eigenvalue weighted by atomic mass is 10.1. The van der Waals surface area contributed by atoms with E-state index in [2.05, 4.69) is 27.2 Å². The van der Waals surface area contributed by atoms with Crippen LogP contribution in [-0.2, 0) is 0 Å². The lowest BCUT2D eigenvalue weighted by molar-refractivity contribution is 0.169. The van der Waals surface area contributed by atoms with Gasteiger partial charge in [0.1, 0.15) is 0 Å². The van der Waals surface area contributed by atoms with E-state index in [0.29, 0.717) is 6.04 Å². The number of anilines is 1. The summed E-state index contributed by atoms with van der Waals surface area (Å²) in [5, 5.41) is 4.22. The monoisotopic (exact) mass is 289 g/mol. The molecule has 1 unspecified atom stereocenters. The van der Waals surface area contributed by atoms with Crippen LogP contribution in [0, 0.1) is 0 Å². The van der Waals surface area contributed by atoms with Crippen molar-refractivity contribution in [3.63, 3.8) is 0 Å². The molecule has 2 heterocycles. The number of nitrogens with zero attached hydrogens (tertiary/aromatic N) is 2. The van der Waals surface area contributed by atoms with E-state index in [0.717, 1.165) is 23.9 Å². The number of piperidine rings is 1. The summed E-state index contributed by atoms with van der Waals surface area (Å²) in [4.78, 5) is 4.98. The third kappa shape index (κ3) is 3.30. The first-order valence-corrected chi connectivity index (χ1v) is 8.09. The normalized spacial score (nSPS) is 23.8. The van der Waals surface area contributed by atoms with Crippen molar-refractivity contribution in [3.8, 4) is 0 Å². The molecule has 20 heavy (non-hydrogen) atoms. The first kappa shape index (κ1) is 13.8. The minimum Gasteiger partial charge on any atom is -0.347 e. The molecule has 4 heteroatoms. The SMILES string of the molecule is S=C(Nc1ccccc1)N1CCC(N2CCCCC2)C1. The van der Waals surface area contributed by atoms with Crippen molar-refractivity contribution in [2.45, 2.75) is 31.7 Å². The lowest BCUT2D eigenvalue weighted by Gasteiger charge is -2.32. The summed E-state index contributed by atoms with van der Waals surface area (Å²) >= 11 is 5.55. The van der Waals surface area contributed by atoms with E-state index in [-0.39, 0.29) is 0 Å². The molecule has 108 valence electrons. The maximum atomic E-state index is 5.55. The Kier molecular flexibility index (Phi) is 4.53. The van der Waals surface area contributed by atoms with Gasteiger partial charge in [0.05, 0.1) is 0 Å². The van der Waals surface area contributed by atoms with Crippen LogP contribution in [0.2, 0.25) is 0 Å². The number of hydrogen-bond acceptors (Lipinski definition) is 2. The minimum absolute atomic E-state index is 0.700. The van der Waals surface area contributed by atoms with Crippen LogP contribution in [0.15, 0.2) is 30.3 Å². The first-order chi connectivity index (χ1) is 9.83. The number of benzene rings is 1. The highest BCUT2D eigenvalue weighted by Gasteiger charge is 2.29. The fourth-order valence-corrected chi connectivity index (χ4v) is 3.52. The van der Waals surface area contributed by atoms with E-state index in [9.17, 15) is 0 Å². The van der Waals surface area contributed by atoms with E-state index < -0.39 is 0 Å². The molecule has 0 amide bonds. The molecule has 0 bridgehead atoms. The van der Waals surface area contributed by atoms with Crippen LogP contribution >= 0.6 is 12.2 Å². The Morgan fingerprint density at radius 1 is 1.05 bits per heavy atom. The smallest absolute Gasteiger partial charge is 0.173 e. The van der Waals surface area contributed by atoms with E-state index in [1.165, 1.54) is 38.8 Å². The fourth-order valence-electron chi connectivity index (χ4n) is 3.23. The minimum atomic E-state index is 0.700. The van der Waals surface area contributed by atoms with Crippen LogP contribution in [0.4, 0.5) is 5.69 Å².